The molecular formula is C21H27N5O2. The van der Waals surface area contributed by atoms with Crippen LogP contribution in [0.1, 0.15) is 46.8 Å². The third kappa shape index (κ3) is 5.52. The van der Waals surface area contributed by atoms with Gasteiger partial charge in [0, 0.05) is 48.7 Å². The molecule has 0 aliphatic carbocycles. The number of piperidine rings is 1. The van der Waals surface area contributed by atoms with Crippen LogP contribution in [-0.4, -0.2) is 46.4 Å². The van der Waals surface area contributed by atoms with Crippen molar-refractivity contribution in [3.8, 4) is 0 Å². The van der Waals surface area contributed by atoms with Crippen LogP contribution in [0.15, 0.2) is 30.3 Å². The van der Waals surface area contributed by atoms with Gasteiger partial charge in [-0.15, -0.1) is 0 Å². The Balaban J connectivity index is 1.51. The number of aromatic nitrogens is 2. The predicted octanol–water partition coefficient (Wildman–Crippen LogP) is 3.08. The van der Waals surface area contributed by atoms with E-state index in [2.05, 4.69) is 20.6 Å². The minimum atomic E-state index is -0.313. The summed E-state index contributed by atoms with van der Waals surface area (Å²) in [5.41, 5.74) is 3.04. The second-order valence-corrected chi connectivity index (χ2v) is 7.13. The first-order chi connectivity index (χ1) is 13.5. The molecule has 28 heavy (non-hydrogen) atoms. The molecule has 0 saturated carbocycles. The molecule has 3 amide bonds. The number of benzene rings is 1. The van der Waals surface area contributed by atoms with E-state index in [9.17, 15) is 9.59 Å². The lowest BCUT2D eigenvalue weighted by Crippen LogP contribution is -2.35. The molecule has 148 valence electrons. The normalized spacial score (nSPS) is 13.9. The fourth-order valence-electron chi connectivity index (χ4n) is 3.38. The van der Waals surface area contributed by atoms with E-state index in [0.717, 1.165) is 37.3 Å². The van der Waals surface area contributed by atoms with Crippen LogP contribution in [0.25, 0.3) is 0 Å². The summed E-state index contributed by atoms with van der Waals surface area (Å²) < 4.78 is 0. The average molecular weight is 381 g/mol. The van der Waals surface area contributed by atoms with Gasteiger partial charge in [0.1, 0.15) is 5.82 Å². The standard InChI is InChI=1S/C21H27N5O2/c1-15-13-16(2)24-19(23-15)9-10-22-21(28)25-18-8-6-7-17(14-18)20(27)26-11-4-3-5-12-26/h6-8,13-14H,3-5,9-12H2,1-2H3,(H2,22,25,28). The number of carbonyl (C=O) groups is 2. The third-order valence-electron chi connectivity index (χ3n) is 4.67. The van der Waals surface area contributed by atoms with Crippen molar-refractivity contribution < 1.29 is 9.59 Å². The van der Waals surface area contributed by atoms with E-state index >= 15 is 0 Å². The topological polar surface area (TPSA) is 87.2 Å². The molecule has 7 heteroatoms. The quantitative estimate of drug-likeness (QED) is 0.833. The lowest BCUT2D eigenvalue weighted by Gasteiger charge is -2.26. The van der Waals surface area contributed by atoms with E-state index in [1.165, 1.54) is 6.42 Å². The van der Waals surface area contributed by atoms with Gasteiger partial charge in [-0.05, 0) is 57.4 Å². The number of urea groups is 1. The monoisotopic (exact) mass is 381 g/mol. The van der Waals surface area contributed by atoms with Crippen molar-refractivity contribution >= 4 is 17.6 Å². The molecule has 1 aromatic heterocycles. The first-order valence-electron chi connectivity index (χ1n) is 9.76. The van der Waals surface area contributed by atoms with Gasteiger partial charge < -0.3 is 15.5 Å². The van der Waals surface area contributed by atoms with Crippen molar-refractivity contribution in [2.24, 2.45) is 0 Å². The van der Waals surface area contributed by atoms with Gasteiger partial charge in [-0.3, -0.25) is 4.79 Å². The molecule has 7 nitrogen and oxygen atoms in total. The van der Waals surface area contributed by atoms with Crippen molar-refractivity contribution in [3.63, 3.8) is 0 Å². The molecule has 2 aromatic rings. The van der Waals surface area contributed by atoms with E-state index in [4.69, 9.17) is 0 Å². The highest BCUT2D eigenvalue weighted by atomic mass is 16.2. The van der Waals surface area contributed by atoms with Gasteiger partial charge in [0.25, 0.3) is 5.91 Å². The lowest BCUT2D eigenvalue weighted by molar-refractivity contribution is 0.0724. The number of carbonyl (C=O) groups excluding carboxylic acids is 2. The minimum absolute atomic E-state index is 0.0238. The summed E-state index contributed by atoms with van der Waals surface area (Å²) in [4.78, 5) is 35.4. The van der Waals surface area contributed by atoms with E-state index < -0.39 is 0 Å². The summed E-state index contributed by atoms with van der Waals surface area (Å²) >= 11 is 0. The Hall–Kier alpha value is -2.96. The fourth-order valence-corrected chi connectivity index (χ4v) is 3.38. The summed E-state index contributed by atoms with van der Waals surface area (Å²) in [5, 5.41) is 5.59. The summed E-state index contributed by atoms with van der Waals surface area (Å²) in [7, 11) is 0. The van der Waals surface area contributed by atoms with Gasteiger partial charge in [-0.25, -0.2) is 14.8 Å². The Morgan fingerprint density at radius 3 is 2.46 bits per heavy atom. The zero-order valence-corrected chi connectivity index (χ0v) is 16.5. The minimum Gasteiger partial charge on any atom is -0.339 e. The molecule has 1 fully saturated rings. The zero-order valence-electron chi connectivity index (χ0n) is 16.5. The van der Waals surface area contributed by atoms with E-state index in [0.29, 0.717) is 30.0 Å². The second kappa shape index (κ2) is 9.30. The van der Waals surface area contributed by atoms with Crippen molar-refractivity contribution in [3.05, 3.63) is 53.1 Å². The Labute approximate surface area is 165 Å². The number of rotatable bonds is 5. The zero-order chi connectivity index (χ0) is 19.9. The SMILES string of the molecule is Cc1cc(C)nc(CCNC(=O)Nc2cccc(C(=O)N3CCCCC3)c2)n1. The fraction of sp³-hybridized carbons (Fsp3) is 0.429. The second-order valence-electron chi connectivity index (χ2n) is 7.13. The number of hydrogen-bond donors (Lipinski definition) is 2. The molecule has 0 radical (unpaired) electrons. The third-order valence-corrected chi connectivity index (χ3v) is 4.67. The number of aryl methyl sites for hydroxylation is 2. The van der Waals surface area contributed by atoms with Crippen LogP contribution in [-0.2, 0) is 6.42 Å². The highest BCUT2D eigenvalue weighted by Gasteiger charge is 2.18. The average Bonchev–Trinajstić information content (AvgIpc) is 2.67. The maximum absolute atomic E-state index is 12.6. The molecule has 0 bridgehead atoms. The van der Waals surface area contributed by atoms with Crippen molar-refractivity contribution in [1.29, 1.82) is 0 Å². The molecule has 1 aliphatic rings. The predicted molar refractivity (Wildman–Crippen MR) is 108 cm³/mol. The van der Waals surface area contributed by atoms with Crippen molar-refractivity contribution in [2.75, 3.05) is 25.0 Å². The van der Waals surface area contributed by atoms with E-state index in [1.807, 2.05) is 24.8 Å². The van der Waals surface area contributed by atoms with Crippen LogP contribution in [0.3, 0.4) is 0 Å². The first-order valence-corrected chi connectivity index (χ1v) is 9.76. The van der Waals surface area contributed by atoms with Crippen LogP contribution < -0.4 is 10.6 Å². The van der Waals surface area contributed by atoms with Gasteiger partial charge in [-0.1, -0.05) is 6.07 Å². The van der Waals surface area contributed by atoms with Crippen LogP contribution in [0.2, 0.25) is 0 Å². The number of anilines is 1. The smallest absolute Gasteiger partial charge is 0.319 e. The highest BCUT2D eigenvalue weighted by molar-refractivity contribution is 5.97. The number of nitrogens with one attached hydrogen (secondary N) is 2. The molecule has 1 saturated heterocycles. The van der Waals surface area contributed by atoms with Crippen molar-refractivity contribution in [2.45, 2.75) is 39.5 Å². The summed E-state index contributed by atoms with van der Waals surface area (Å²) in [5.74, 6) is 0.739. The highest BCUT2D eigenvalue weighted by Crippen LogP contribution is 2.16. The van der Waals surface area contributed by atoms with Crippen LogP contribution in [0, 0.1) is 13.8 Å². The Morgan fingerprint density at radius 2 is 1.75 bits per heavy atom. The van der Waals surface area contributed by atoms with Crippen LogP contribution in [0.5, 0.6) is 0 Å². The molecular weight excluding hydrogens is 354 g/mol. The molecule has 0 spiro atoms. The lowest BCUT2D eigenvalue weighted by atomic mass is 10.1. The van der Waals surface area contributed by atoms with Crippen LogP contribution >= 0.6 is 0 Å². The number of likely N-dealkylation sites (tertiary alicyclic amines) is 1. The van der Waals surface area contributed by atoms with Crippen molar-refractivity contribution in [1.82, 2.24) is 20.2 Å². The molecule has 1 aliphatic heterocycles. The summed E-state index contributed by atoms with van der Waals surface area (Å²) in [6.45, 7) is 5.89. The molecule has 3 rings (SSSR count). The van der Waals surface area contributed by atoms with Gasteiger partial charge in [0.05, 0.1) is 0 Å². The van der Waals surface area contributed by atoms with E-state index in [1.54, 1.807) is 24.3 Å². The summed E-state index contributed by atoms with van der Waals surface area (Å²) in [6.07, 6.45) is 3.84. The number of amides is 3. The number of hydrogen-bond acceptors (Lipinski definition) is 4. The first kappa shape index (κ1) is 19.8. The molecule has 0 atom stereocenters. The molecule has 0 unspecified atom stereocenters. The van der Waals surface area contributed by atoms with Gasteiger partial charge in [-0.2, -0.15) is 0 Å². The van der Waals surface area contributed by atoms with Gasteiger partial charge in [0.15, 0.2) is 0 Å². The van der Waals surface area contributed by atoms with Gasteiger partial charge >= 0.3 is 6.03 Å². The summed E-state index contributed by atoms with van der Waals surface area (Å²) in [6, 6.07) is 8.69. The maximum Gasteiger partial charge on any atom is 0.319 e. The van der Waals surface area contributed by atoms with Gasteiger partial charge in [0.2, 0.25) is 0 Å². The largest absolute Gasteiger partial charge is 0.339 e. The molecule has 2 heterocycles. The maximum atomic E-state index is 12.6. The number of nitrogens with zero attached hydrogens (tertiary/aromatic N) is 3. The Morgan fingerprint density at radius 1 is 1.04 bits per heavy atom. The van der Waals surface area contributed by atoms with Crippen LogP contribution in [0.4, 0.5) is 10.5 Å². The van der Waals surface area contributed by atoms with E-state index in [-0.39, 0.29) is 11.9 Å². The Bertz CT molecular complexity index is 826. The molecule has 1 aromatic carbocycles. The molecule has 2 N–H and O–H groups in total. The Kier molecular flexibility index (Phi) is 6.57.